The van der Waals surface area contributed by atoms with Crippen molar-refractivity contribution in [2.24, 2.45) is 0 Å². The third-order valence-electron chi connectivity index (χ3n) is 2.97. The summed E-state index contributed by atoms with van der Waals surface area (Å²) in [5, 5.41) is 2.41. The van der Waals surface area contributed by atoms with Crippen molar-refractivity contribution in [1.82, 2.24) is 5.32 Å². The molecule has 6 heteroatoms. The van der Waals surface area contributed by atoms with Crippen LogP contribution in [0.1, 0.15) is 53.4 Å². The maximum absolute atomic E-state index is 11.7. The first-order valence-corrected chi connectivity index (χ1v) is 7.57. The maximum atomic E-state index is 11.7. The number of esters is 1. The molecule has 20 heavy (non-hydrogen) atoms. The van der Waals surface area contributed by atoms with Gasteiger partial charge in [0.1, 0.15) is 11.7 Å². The van der Waals surface area contributed by atoms with Crippen LogP contribution in [-0.2, 0) is 14.3 Å². The second-order valence-electron chi connectivity index (χ2n) is 6.24. The standard InChI is InChI=1S/C14H25NO4S/c1-9(20)12(16)18-11-7-5-6-10(8-11)15-13(17)19-14(2,3)4/h9-11,20H,5-8H2,1-4H3,(H,15,17). The van der Waals surface area contributed by atoms with E-state index in [1.54, 1.807) is 6.92 Å². The Labute approximate surface area is 126 Å². The Morgan fingerprint density at radius 3 is 2.50 bits per heavy atom. The van der Waals surface area contributed by atoms with E-state index in [1.807, 2.05) is 20.8 Å². The van der Waals surface area contributed by atoms with E-state index in [1.165, 1.54) is 0 Å². The second-order valence-corrected chi connectivity index (χ2v) is 7.02. The van der Waals surface area contributed by atoms with Crippen LogP contribution >= 0.6 is 12.6 Å². The summed E-state index contributed by atoms with van der Waals surface area (Å²) in [6.45, 7) is 7.16. The summed E-state index contributed by atoms with van der Waals surface area (Å²) < 4.78 is 10.6. The summed E-state index contributed by atoms with van der Waals surface area (Å²) in [7, 11) is 0. The number of carbonyl (C=O) groups excluding carboxylic acids is 2. The van der Waals surface area contributed by atoms with Gasteiger partial charge in [0.2, 0.25) is 0 Å². The summed E-state index contributed by atoms with van der Waals surface area (Å²) >= 11 is 4.05. The molecule has 1 amide bonds. The number of carbonyl (C=O) groups is 2. The molecular formula is C14H25NO4S. The normalized spacial score (nSPS) is 24.6. The molecule has 116 valence electrons. The van der Waals surface area contributed by atoms with Crippen molar-refractivity contribution < 1.29 is 19.1 Å². The van der Waals surface area contributed by atoms with E-state index in [0.717, 1.165) is 19.3 Å². The Hall–Kier alpha value is -0.910. The van der Waals surface area contributed by atoms with E-state index >= 15 is 0 Å². The Balaban J connectivity index is 2.41. The van der Waals surface area contributed by atoms with Crippen LogP contribution in [0.3, 0.4) is 0 Å². The Bertz CT molecular complexity index is 352. The monoisotopic (exact) mass is 303 g/mol. The van der Waals surface area contributed by atoms with E-state index in [-0.39, 0.29) is 18.1 Å². The Morgan fingerprint density at radius 2 is 1.95 bits per heavy atom. The molecule has 0 aliphatic heterocycles. The zero-order valence-electron chi connectivity index (χ0n) is 12.6. The minimum atomic E-state index is -0.508. The van der Waals surface area contributed by atoms with Crippen LogP contribution in [-0.4, -0.2) is 35.1 Å². The molecule has 0 radical (unpaired) electrons. The third-order valence-corrected chi connectivity index (χ3v) is 3.18. The fourth-order valence-corrected chi connectivity index (χ4v) is 2.18. The van der Waals surface area contributed by atoms with Gasteiger partial charge >= 0.3 is 12.1 Å². The molecule has 1 fully saturated rings. The molecule has 0 aromatic rings. The highest BCUT2D eigenvalue weighted by Crippen LogP contribution is 2.22. The number of nitrogens with one attached hydrogen (secondary N) is 1. The molecular weight excluding hydrogens is 278 g/mol. The van der Waals surface area contributed by atoms with Gasteiger partial charge in [-0.05, 0) is 47.0 Å². The SMILES string of the molecule is CC(S)C(=O)OC1CCCC(NC(=O)OC(C)(C)C)C1. The lowest BCUT2D eigenvalue weighted by atomic mass is 9.93. The summed E-state index contributed by atoms with van der Waals surface area (Å²) in [6, 6.07) is -0.00776. The number of thiol groups is 1. The molecule has 3 unspecified atom stereocenters. The summed E-state index contributed by atoms with van der Waals surface area (Å²) in [6.07, 6.45) is 2.69. The lowest BCUT2D eigenvalue weighted by Crippen LogP contribution is -2.43. The molecule has 1 rings (SSSR count). The van der Waals surface area contributed by atoms with Gasteiger partial charge in [-0.1, -0.05) is 0 Å². The molecule has 1 saturated carbocycles. The largest absolute Gasteiger partial charge is 0.461 e. The highest BCUT2D eigenvalue weighted by molar-refractivity contribution is 7.81. The van der Waals surface area contributed by atoms with Crippen molar-refractivity contribution >= 4 is 24.7 Å². The zero-order valence-corrected chi connectivity index (χ0v) is 13.5. The van der Waals surface area contributed by atoms with Crippen LogP contribution in [0.15, 0.2) is 0 Å². The van der Waals surface area contributed by atoms with Gasteiger partial charge in [-0.3, -0.25) is 4.79 Å². The number of hydrogen-bond donors (Lipinski definition) is 2. The van der Waals surface area contributed by atoms with Gasteiger partial charge in [0.25, 0.3) is 0 Å². The fourth-order valence-electron chi connectivity index (χ4n) is 2.12. The van der Waals surface area contributed by atoms with Gasteiger partial charge in [-0.25, -0.2) is 4.79 Å². The van der Waals surface area contributed by atoms with Gasteiger partial charge in [-0.2, -0.15) is 12.6 Å². The minimum Gasteiger partial charge on any atom is -0.461 e. The van der Waals surface area contributed by atoms with E-state index in [4.69, 9.17) is 9.47 Å². The third kappa shape index (κ3) is 6.50. The van der Waals surface area contributed by atoms with Gasteiger partial charge in [0.05, 0.1) is 5.25 Å². The highest BCUT2D eigenvalue weighted by atomic mass is 32.1. The first-order valence-electron chi connectivity index (χ1n) is 7.05. The molecule has 3 atom stereocenters. The number of hydrogen-bond acceptors (Lipinski definition) is 5. The predicted molar refractivity (Wildman–Crippen MR) is 80.0 cm³/mol. The topological polar surface area (TPSA) is 64.6 Å². The van der Waals surface area contributed by atoms with E-state index in [9.17, 15) is 9.59 Å². The Morgan fingerprint density at radius 1 is 1.30 bits per heavy atom. The molecule has 0 saturated heterocycles. The molecule has 0 spiro atoms. The molecule has 0 bridgehead atoms. The average molecular weight is 303 g/mol. The van der Waals surface area contributed by atoms with Crippen molar-refractivity contribution in [2.75, 3.05) is 0 Å². The lowest BCUT2D eigenvalue weighted by Gasteiger charge is -2.30. The average Bonchev–Trinajstić information content (AvgIpc) is 2.26. The van der Waals surface area contributed by atoms with E-state index < -0.39 is 16.9 Å². The van der Waals surface area contributed by atoms with Crippen molar-refractivity contribution in [1.29, 1.82) is 0 Å². The number of alkyl carbamates (subject to hydrolysis) is 1. The van der Waals surface area contributed by atoms with E-state index in [0.29, 0.717) is 6.42 Å². The van der Waals surface area contributed by atoms with Crippen molar-refractivity contribution in [3.05, 3.63) is 0 Å². The van der Waals surface area contributed by atoms with Crippen molar-refractivity contribution in [2.45, 2.75) is 76.4 Å². The van der Waals surface area contributed by atoms with Gasteiger partial charge in [-0.15, -0.1) is 0 Å². The smallest absolute Gasteiger partial charge is 0.407 e. The minimum absolute atomic E-state index is 0.00776. The van der Waals surface area contributed by atoms with Crippen molar-refractivity contribution in [3.8, 4) is 0 Å². The highest BCUT2D eigenvalue weighted by Gasteiger charge is 2.28. The molecule has 0 heterocycles. The molecule has 0 aromatic carbocycles. The first-order chi connectivity index (χ1) is 9.17. The molecule has 1 N–H and O–H groups in total. The molecule has 0 aromatic heterocycles. The zero-order chi connectivity index (χ0) is 15.3. The van der Waals surface area contributed by atoms with Crippen molar-refractivity contribution in [3.63, 3.8) is 0 Å². The quantitative estimate of drug-likeness (QED) is 0.621. The molecule has 1 aliphatic rings. The van der Waals surface area contributed by atoms with Crippen LogP contribution in [0, 0.1) is 0 Å². The van der Waals surface area contributed by atoms with Crippen LogP contribution in [0.2, 0.25) is 0 Å². The molecule has 1 aliphatic carbocycles. The number of rotatable bonds is 3. The number of ether oxygens (including phenoxy) is 2. The van der Waals surface area contributed by atoms with E-state index in [2.05, 4.69) is 17.9 Å². The maximum Gasteiger partial charge on any atom is 0.407 e. The first kappa shape index (κ1) is 17.1. The Kier molecular flexibility index (Phi) is 6.17. The predicted octanol–water partition coefficient (Wildman–Crippen LogP) is 2.68. The van der Waals surface area contributed by atoms with Crippen LogP contribution in [0.25, 0.3) is 0 Å². The van der Waals surface area contributed by atoms with Gasteiger partial charge < -0.3 is 14.8 Å². The summed E-state index contributed by atoms with van der Waals surface area (Å²) in [4.78, 5) is 23.2. The fraction of sp³-hybridized carbons (Fsp3) is 0.857. The molecule has 5 nitrogen and oxygen atoms in total. The lowest BCUT2D eigenvalue weighted by molar-refractivity contribution is -0.149. The van der Waals surface area contributed by atoms with Crippen LogP contribution in [0.4, 0.5) is 4.79 Å². The van der Waals surface area contributed by atoms with Gasteiger partial charge in [0.15, 0.2) is 0 Å². The number of amides is 1. The summed E-state index contributed by atoms with van der Waals surface area (Å²) in [5.74, 6) is -0.309. The van der Waals surface area contributed by atoms with Crippen LogP contribution < -0.4 is 5.32 Å². The second kappa shape index (κ2) is 7.20. The van der Waals surface area contributed by atoms with Crippen LogP contribution in [0.5, 0.6) is 0 Å². The van der Waals surface area contributed by atoms with Gasteiger partial charge in [0, 0.05) is 12.5 Å². The summed E-state index contributed by atoms with van der Waals surface area (Å²) in [5.41, 5.74) is -0.508.